The largest absolute Gasteiger partial charge is 0.490 e. The van der Waals surface area contributed by atoms with Crippen LogP contribution in [0.15, 0.2) is 54.9 Å². The molecule has 0 radical (unpaired) electrons. The molecule has 0 amide bonds. The van der Waals surface area contributed by atoms with Crippen molar-refractivity contribution in [1.29, 1.82) is 0 Å². The molecule has 2 aliphatic rings. The molecule has 1 aromatic carbocycles. The number of nitrogens with zero attached hydrogens (tertiary/aromatic N) is 3. The van der Waals surface area contributed by atoms with Crippen molar-refractivity contribution < 1.29 is 19.7 Å². The first-order chi connectivity index (χ1) is 18.9. The molecule has 3 heterocycles. The van der Waals surface area contributed by atoms with Gasteiger partial charge in [-0.15, -0.1) is 11.3 Å². The second kappa shape index (κ2) is 10.4. The molecular formula is C30H30N4O4S. The van der Waals surface area contributed by atoms with Crippen molar-refractivity contribution in [3.8, 4) is 16.3 Å². The zero-order valence-electron chi connectivity index (χ0n) is 21.7. The summed E-state index contributed by atoms with van der Waals surface area (Å²) in [5.41, 5.74) is 2.32. The van der Waals surface area contributed by atoms with Crippen LogP contribution in [0.5, 0.6) is 5.75 Å². The average molecular weight is 543 g/mol. The molecule has 3 N–H and O–H groups in total. The lowest BCUT2D eigenvalue weighted by molar-refractivity contribution is 0.0607. The zero-order chi connectivity index (χ0) is 27.0. The van der Waals surface area contributed by atoms with Crippen molar-refractivity contribution in [1.82, 2.24) is 15.0 Å². The third-order valence-electron chi connectivity index (χ3n) is 7.46. The summed E-state index contributed by atoms with van der Waals surface area (Å²) in [5.74, 6) is 1.15. The number of ether oxygens (including phenoxy) is 1. The van der Waals surface area contributed by atoms with Gasteiger partial charge in [0.2, 0.25) is 0 Å². The van der Waals surface area contributed by atoms with Gasteiger partial charge in [-0.1, -0.05) is 6.07 Å². The van der Waals surface area contributed by atoms with Crippen LogP contribution in [0.25, 0.3) is 10.6 Å². The summed E-state index contributed by atoms with van der Waals surface area (Å²) >= 11 is 1.41. The number of hydrogen-bond acceptors (Lipinski definition) is 8. The van der Waals surface area contributed by atoms with Gasteiger partial charge in [0, 0.05) is 18.5 Å². The number of rotatable bonds is 7. The Balaban J connectivity index is 1.25. The highest BCUT2D eigenvalue weighted by atomic mass is 32.1. The predicted molar refractivity (Wildman–Crippen MR) is 150 cm³/mol. The van der Waals surface area contributed by atoms with Crippen LogP contribution in [0.1, 0.15) is 70.6 Å². The molecular weight excluding hydrogens is 512 g/mol. The van der Waals surface area contributed by atoms with E-state index in [0.29, 0.717) is 23.1 Å². The molecule has 0 unspecified atom stereocenters. The van der Waals surface area contributed by atoms with Crippen molar-refractivity contribution >= 4 is 28.9 Å². The van der Waals surface area contributed by atoms with Gasteiger partial charge in [0.05, 0.1) is 22.2 Å². The number of aliphatic hydroxyl groups is 1. The maximum Gasteiger partial charge on any atom is 0.335 e. The van der Waals surface area contributed by atoms with E-state index < -0.39 is 11.6 Å². The third-order valence-corrected chi connectivity index (χ3v) is 8.63. The number of aromatic nitrogens is 3. The monoisotopic (exact) mass is 542 g/mol. The maximum atomic E-state index is 11.8. The van der Waals surface area contributed by atoms with Gasteiger partial charge in [-0.3, -0.25) is 0 Å². The van der Waals surface area contributed by atoms with Crippen molar-refractivity contribution in [3.05, 3.63) is 82.1 Å². The number of benzene rings is 1. The zero-order valence-corrected chi connectivity index (χ0v) is 22.5. The van der Waals surface area contributed by atoms with Crippen LogP contribution < -0.4 is 10.1 Å². The van der Waals surface area contributed by atoms with Gasteiger partial charge in [-0.2, -0.15) is 0 Å². The van der Waals surface area contributed by atoms with Crippen LogP contribution in [-0.4, -0.2) is 37.2 Å². The molecule has 1 fully saturated rings. The lowest BCUT2D eigenvalue weighted by atomic mass is 9.79. The second-order valence-electron chi connectivity index (χ2n) is 10.4. The van der Waals surface area contributed by atoms with Gasteiger partial charge in [-0.25, -0.2) is 19.7 Å². The Morgan fingerprint density at radius 1 is 1.08 bits per heavy atom. The standard InChI is InChI=1S/C30H30N4O4S/c1-18-13-24(33-27(14-18)34-26-16-22(10-12-31-26)38-21-6-2-3-7-21)25-17-32-29(39-25)30(37)11-4-5-19-15-20(28(35)36)8-9-23(19)30/h8-10,12-17,21,37H,2-7,11H2,1H3,(H,35,36)(H,31,33,34)/t30-/m1/s1. The van der Waals surface area contributed by atoms with E-state index in [0.717, 1.165) is 58.7 Å². The highest BCUT2D eigenvalue weighted by Crippen LogP contribution is 2.43. The summed E-state index contributed by atoms with van der Waals surface area (Å²) in [7, 11) is 0. The molecule has 39 heavy (non-hydrogen) atoms. The topological polar surface area (TPSA) is 117 Å². The summed E-state index contributed by atoms with van der Waals surface area (Å²) in [6, 6.07) is 12.7. The van der Waals surface area contributed by atoms with Crippen LogP contribution >= 0.6 is 11.3 Å². The number of fused-ring (bicyclic) bond motifs is 1. The Bertz CT molecular complexity index is 1530. The van der Waals surface area contributed by atoms with Crippen molar-refractivity contribution in [2.24, 2.45) is 0 Å². The molecule has 8 nitrogen and oxygen atoms in total. The summed E-state index contributed by atoms with van der Waals surface area (Å²) in [6.45, 7) is 2.01. The van der Waals surface area contributed by atoms with Gasteiger partial charge in [-0.05, 0) is 98.9 Å². The highest BCUT2D eigenvalue weighted by Gasteiger charge is 2.39. The minimum atomic E-state index is -1.26. The van der Waals surface area contributed by atoms with Crippen molar-refractivity contribution in [2.45, 2.75) is 63.6 Å². The fraction of sp³-hybridized carbons (Fsp3) is 0.333. The van der Waals surface area contributed by atoms with Crippen molar-refractivity contribution in [2.75, 3.05) is 5.32 Å². The second-order valence-corrected chi connectivity index (χ2v) is 11.4. The van der Waals surface area contributed by atoms with E-state index in [1.807, 2.05) is 31.2 Å². The van der Waals surface area contributed by atoms with E-state index in [-0.39, 0.29) is 11.7 Å². The smallest absolute Gasteiger partial charge is 0.335 e. The number of aryl methyl sites for hydroxylation is 2. The summed E-state index contributed by atoms with van der Waals surface area (Å²) in [5, 5.41) is 25.0. The molecule has 2 aliphatic carbocycles. The first-order valence-corrected chi connectivity index (χ1v) is 14.1. The number of carboxylic acid groups (broad SMARTS) is 1. The number of aromatic carboxylic acids is 1. The summed E-state index contributed by atoms with van der Waals surface area (Å²) in [6.07, 6.45) is 10.4. The van der Waals surface area contributed by atoms with Crippen LogP contribution in [0.4, 0.5) is 11.6 Å². The fourth-order valence-corrected chi connectivity index (χ4v) is 6.56. The van der Waals surface area contributed by atoms with Gasteiger partial charge in [0.25, 0.3) is 0 Å². The van der Waals surface area contributed by atoms with E-state index in [2.05, 4.69) is 15.3 Å². The molecule has 200 valence electrons. The lowest BCUT2D eigenvalue weighted by Gasteiger charge is -2.33. The first-order valence-electron chi connectivity index (χ1n) is 13.3. The predicted octanol–water partition coefficient (Wildman–Crippen LogP) is 6.24. The van der Waals surface area contributed by atoms with Crippen LogP contribution in [0, 0.1) is 6.92 Å². The maximum absolute atomic E-state index is 11.8. The number of anilines is 2. The van der Waals surface area contributed by atoms with Gasteiger partial charge < -0.3 is 20.3 Å². The average Bonchev–Trinajstić information content (AvgIpc) is 3.62. The van der Waals surface area contributed by atoms with E-state index in [1.165, 1.54) is 24.2 Å². The van der Waals surface area contributed by atoms with E-state index in [4.69, 9.17) is 9.72 Å². The minimum Gasteiger partial charge on any atom is -0.490 e. The van der Waals surface area contributed by atoms with Crippen molar-refractivity contribution in [3.63, 3.8) is 0 Å². The fourth-order valence-electron chi connectivity index (χ4n) is 5.55. The number of nitrogens with one attached hydrogen (secondary N) is 1. The number of carbonyl (C=O) groups is 1. The minimum absolute atomic E-state index is 0.229. The summed E-state index contributed by atoms with van der Waals surface area (Å²) in [4.78, 5) is 26.2. The Morgan fingerprint density at radius 2 is 1.92 bits per heavy atom. The highest BCUT2D eigenvalue weighted by molar-refractivity contribution is 7.15. The van der Waals surface area contributed by atoms with Crippen LogP contribution in [-0.2, 0) is 12.0 Å². The normalized spacial score (nSPS) is 19.0. The molecule has 0 saturated heterocycles. The quantitative estimate of drug-likeness (QED) is 0.251. The molecule has 4 aromatic rings. The molecule has 1 saturated carbocycles. The number of hydrogen-bond donors (Lipinski definition) is 3. The number of thiazole rings is 1. The van der Waals surface area contributed by atoms with E-state index >= 15 is 0 Å². The lowest BCUT2D eigenvalue weighted by Crippen LogP contribution is -2.32. The van der Waals surface area contributed by atoms with Gasteiger partial charge >= 0.3 is 5.97 Å². The molecule has 3 aromatic heterocycles. The molecule has 0 bridgehead atoms. The first kappa shape index (κ1) is 25.5. The number of carboxylic acids is 1. The van der Waals surface area contributed by atoms with Crippen LogP contribution in [0.2, 0.25) is 0 Å². The molecule has 9 heteroatoms. The molecule has 0 spiro atoms. The molecule has 1 atom stereocenters. The van der Waals surface area contributed by atoms with Gasteiger partial charge in [0.15, 0.2) is 0 Å². The van der Waals surface area contributed by atoms with E-state index in [1.54, 1.807) is 30.6 Å². The summed E-state index contributed by atoms with van der Waals surface area (Å²) < 4.78 is 6.12. The van der Waals surface area contributed by atoms with Gasteiger partial charge in [0.1, 0.15) is 28.0 Å². The van der Waals surface area contributed by atoms with Crippen LogP contribution in [0.3, 0.4) is 0 Å². The third kappa shape index (κ3) is 5.24. The Hall–Kier alpha value is -3.82. The number of pyridine rings is 2. The SMILES string of the molecule is Cc1cc(Nc2cc(OC3CCCC3)ccn2)nc(-c2cnc([C@@]3(O)CCCc4cc(C(=O)O)ccc43)s2)c1. The molecule has 6 rings (SSSR count). The Labute approximate surface area is 230 Å². The molecule has 0 aliphatic heterocycles. The Kier molecular flexibility index (Phi) is 6.78. The Morgan fingerprint density at radius 3 is 2.74 bits per heavy atom. The van der Waals surface area contributed by atoms with E-state index in [9.17, 15) is 15.0 Å².